The summed E-state index contributed by atoms with van der Waals surface area (Å²) in [5.74, 6) is -1.01. The fourth-order valence-electron chi connectivity index (χ4n) is 6.38. The van der Waals surface area contributed by atoms with Gasteiger partial charge in [-0.05, 0) is 109 Å². The van der Waals surface area contributed by atoms with Gasteiger partial charge in [0, 0.05) is 30.2 Å². The minimum atomic E-state index is -0.367. The van der Waals surface area contributed by atoms with E-state index >= 15 is 0 Å². The Morgan fingerprint density at radius 3 is 1.44 bits per heavy atom. The molecule has 4 amide bonds. The second kappa shape index (κ2) is 11.8. The standard InChI is InChI=1S/C38H32N2O5/c1-23-17-29(39-32(41)13-14-33(39)42)18-24(2)36(23)38(28-11-8-12-31(21-28)45-22-27-9-6-5-7-10-27)37-25(3)19-30(20-26(37)4)40-34(43)15-16-35(40)44/h5-21,38H,22H2,1-4H3. The molecule has 0 saturated carbocycles. The zero-order chi connectivity index (χ0) is 31.8. The van der Waals surface area contributed by atoms with Crippen LogP contribution in [0, 0.1) is 27.7 Å². The van der Waals surface area contributed by atoms with Crippen LogP contribution in [0.4, 0.5) is 11.4 Å². The predicted octanol–water partition coefficient (Wildman–Crippen LogP) is 6.54. The van der Waals surface area contributed by atoms with Crippen molar-refractivity contribution in [1.82, 2.24) is 0 Å². The number of hydrogen-bond acceptors (Lipinski definition) is 5. The molecule has 4 aromatic rings. The number of benzene rings is 4. The quantitative estimate of drug-likeness (QED) is 0.170. The van der Waals surface area contributed by atoms with E-state index in [2.05, 4.69) is 6.07 Å². The smallest absolute Gasteiger partial charge is 0.258 e. The lowest BCUT2D eigenvalue weighted by Crippen LogP contribution is -2.30. The normalized spacial score (nSPS) is 14.4. The molecule has 0 aromatic heterocycles. The zero-order valence-electron chi connectivity index (χ0n) is 25.5. The summed E-state index contributed by atoms with van der Waals surface area (Å²) in [5.41, 5.74) is 8.80. The van der Waals surface area contributed by atoms with E-state index in [-0.39, 0.29) is 29.5 Å². The Hall–Kier alpha value is -5.56. The third-order valence-electron chi connectivity index (χ3n) is 8.31. The van der Waals surface area contributed by atoms with Crippen LogP contribution in [0.5, 0.6) is 5.75 Å². The van der Waals surface area contributed by atoms with Gasteiger partial charge in [0.25, 0.3) is 23.6 Å². The highest BCUT2D eigenvalue weighted by molar-refractivity contribution is 6.28. The molecule has 0 radical (unpaired) electrons. The minimum Gasteiger partial charge on any atom is -0.489 e. The summed E-state index contributed by atoms with van der Waals surface area (Å²) in [7, 11) is 0. The molecule has 7 heteroatoms. The van der Waals surface area contributed by atoms with Crippen molar-refractivity contribution in [2.24, 2.45) is 0 Å². The predicted molar refractivity (Wildman–Crippen MR) is 173 cm³/mol. The topological polar surface area (TPSA) is 84.0 Å². The van der Waals surface area contributed by atoms with Crippen LogP contribution in [0.1, 0.15) is 50.4 Å². The Morgan fingerprint density at radius 2 is 1.00 bits per heavy atom. The molecule has 0 saturated heterocycles. The monoisotopic (exact) mass is 596 g/mol. The highest BCUT2D eigenvalue weighted by Crippen LogP contribution is 2.42. The maximum atomic E-state index is 12.5. The van der Waals surface area contributed by atoms with Gasteiger partial charge in [0.05, 0.1) is 11.4 Å². The Labute approximate surface area is 262 Å². The lowest BCUT2D eigenvalue weighted by Gasteiger charge is -2.29. The molecular weight excluding hydrogens is 564 g/mol. The number of nitrogens with zero attached hydrogens (tertiary/aromatic N) is 2. The van der Waals surface area contributed by atoms with E-state index in [9.17, 15) is 19.2 Å². The summed E-state index contributed by atoms with van der Waals surface area (Å²) in [6, 6.07) is 25.5. The Morgan fingerprint density at radius 1 is 0.556 bits per heavy atom. The first-order valence-electron chi connectivity index (χ1n) is 14.7. The van der Waals surface area contributed by atoms with Gasteiger partial charge in [-0.1, -0.05) is 42.5 Å². The van der Waals surface area contributed by atoms with E-state index in [1.54, 1.807) is 0 Å². The molecule has 4 aromatic carbocycles. The Balaban J connectivity index is 1.47. The van der Waals surface area contributed by atoms with Gasteiger partial charge in [0.1, 0.15) is 12.4 Å². The molecular formula is C38H32N2O5. The Kier molecular flexibility index (Phi) is 7.77. The van der Waals surface area contributed by atoms with Crippen molar-refractivity contribution in [3.05, 3.63) is 148 Å². The van der Waals surface area contributed by atoms with Crippen molar-refractivity contribution in [2.75, 3.05) is 9.80 Å². The van der Waals surface area contributed by atoms with Crippen molar-refractivity contribution < 1.29 is 23.9 Å². The van der Waals surface area contributed by atoms with E-state index in [0.717, 1.165) is 50.3 Å². The number of carbonyl (C=O) groups is 4. The van der Waals surface area contributed by atoms with E-state index in [0.29, 0.717) is 18.0 Å². The number of ether oxygens (including phenoxy) is 1. The molecule has 45 heavy (non-hydrogen) atoms. The van der Waals surface area contributed by atoms with Gasteiger partial charge in [0.2, 0.25) is 0 Å². The zero-order valence-corrected chi connectivity index (χ0v) is 25.5. The maximum Gasteiger partial charge on any atom is 0.258 e. The van der Waals surface area contributed by atoms with Crippen LogP contribution < -0.4 is 14.5 Å². The minimum absolute atomic E-state index is 0.264. The van der Waals surface area contributed by atoms with Crippen LogP contribution in [0.2, 0.25) is 0 Å². The van der Waals surface area contributed by atoms with Crippen LogP contribution >= 0.6 is 0 Å². The summed E-state index contributed by atoms with van der Waals surface area (Å²) >= 11 is 0. The lowest BCUT2D eigenvalue weighted by atomic mass is 9.77. The number of hydrogen-bond donors (Lipinski definition) is 0. The molecule has 6 rings (SSSR count). The summed E-state index contributed by atoms with van der Waals surface area (Å²) < 4.78 is 6.22. The van der Waals surface area contributed by atoms with Crippen molar-refractivity contribution in [3.63, 3.8) is 0 Å². The summed E-state index contributed by atoms with van der Waals surface area (Å²) in [4.78, 5) is 52.3. The first kappa shape index (κ1) is 29.5. The van der Waals surface area contributed by atoms with Crippen LogP contribution in [0.25, 0.3) is 0 Å². The number of anilines is 2. The first-order chi connectivity index (χ1) is 21.6. The molecule has 0 fully saturated rings. The van der Waals surface area contributed by atoms with Crippen LogP contribution in [-0.4, -0.2) is 23.6 Å². The van der Waals surface area contributed by atoms with Gasteiger partial charge >= 0.3 is 0 Å². The fourth-order valence-corrected chi connectivity index (χ4v) is 6.38. The molecule has 7 nitrogen and oxygen atoms in total. The van der Waals surface area contributed by atoms with E-state index in [1.165, 1.54) is 34.1 Å². The van der Waals surface area contributed by atoms with E-state index in [1.807, 2.05) is 100 Å². The lowest BCUT2D eigenvalue weighted by molar-refractivity contribution is -0.121. The molecule has 2 aliphatic heterocycles. The van der Waals surface area contributed by atoms with Crippen LogP contribution in [-0.2, 0) is 25.8 Å². The number of imide groups is 2. The van der Waals surface area contributed by atoms with Crippen molar-refractivity contribution in [2.45, 2.75) is 40.2 Å². The van der Waals surface area contributed by atoms with Gasteiger partial charge < -0.3 is 4.74 Å². The molecule has 0 N–H and O–H groups in total. The van der Waals surface area contributed by atoms with Gasteiger partial charge in [-0.25, -0.2) is 9.80 Å². The average molecular weight is 597 g/mol. The highest BCUT2D eigenvalue weighted by atomic mass is 16.5. The second-order valence-corrected chi connectivity index (χ2v) is 11.5. The number of aryl methyl sites for hydroxylation is 4. The van der Waals surface area contributed by atoms with Crippen molar-refractivity contribution >= 4 is 35.0 Å². The Bertz CT molecular complexity index is 1760. The average Bonchev–Trinajstić information content (AvgIpc) is 3.53. The highest BCUT2D eigenvalue weighted by Gasteiger charge is 2.31. The molecule has 0 spiro atoms. The number of rotatable bonds is 8. The molecule has 2 heterocycles. The number of amides is 4. The summed E-state index contributed by atoms with van der Waals surface area (Å²) in [5, 5.41) is 0. The van der Waals surface area contributed by atoms with Gasteiger partial charge in [-0.15, -0.1) is 0 Å². The maximum absolute atomic E-state index is 12.5. The molecule has 224 valence electrons. The molecule has 2 aliphatic rings. The van der Waals surface area contributed by atoms with E-state index in [4.69, 9.17) is 4.74 Å². The first-order valence-corrected chi connectivity index (χ1v) is 14.7. The molecule has 0 atom stereocenters. The molecule has 0 unspecified atom stereocenters. The SMILES string of the molecule is Cc1cc(N2C(=O)C=CC2=O)cc(C)c1C(c1cccc(OCc2ccccc2)c1)c1c(C)cc(N2C(=O)C=CC2=O)cc1C. The second-order valence-electron chi connectivity index (χ2n) is 11.5. The summed E-state index contributed by atoms with van der Waals surface area (Å²) in [6.07, 6.45) is 5.13. The van der Waals surface area contributed by atoms with Gasteiger partial charge in [-0.2, -0.15) is 0 Å². The largest absolute Gasteiger partial charge is 0.489 e. The third-order valence-corrected chi connectivity index (χ3v) is 8.31. The molecule has 0 aliphatic carbocycles. The van der Waals surface area contributed by atoms with Gasteiger partial charge in [-0.3, -0.25) is 19.2 Å². The van der Waals surface area contributed by atoms with Gasteiger partial charge in [0.15, 0.2) is 0 Å². The van der Waals surface area contributed by atoms with Crippen molar-refractivity contribution in [1.29, 1.82) is 0 Å². The summed E-state index contributed by atoms with van der Waals surface area (Å²) in [6.45, 7) is 8.36. The fraction of sp³-hybridized carbons (Fsp3) is 0.158. The van der Waals surface area contributed by atoms with Crippen LogP contribution in [0.3, 0.4) is 0 Å². The molecule has 0 bridgehead atoms. The van der Waals surface area contributed by atoms with Crippen molar-refractivity contribution in [3.8, 4) is 5.75 Å². The van der Waals surface area contributed by atoms with Crippen LogP contribution in [0.15, 0.2) is 103 Å². The van der Waals surface area contributed by atoms with E-state index < -0.39 is 0 Å². The third kappa shape index (κ3) is 5.60. The number of carbonyl (C=O) groups excluding carboxylic acids is 4.